The van der Waals surface area contributed by atoms with Crippen LogP contribution in [0.1, 0.15) is 23.2 Å². The Morgan fingerprint density at radius 2 is 2.10 bits per heavy atom. The molecular weight excluding hydrogens is 332 g/mol. The first kappa shape index (κ1) is 16.3. The molecule has 0 unspecified atom stereocenters. The summed E-state index contributed by atoms with van der Waals surface area (Å²) < 4.78 is 6.00. The molecule has 21 heavy (non-hydrogen) atoms. The van der Waals surface area contributed by atoms with E-state index in [4.69, 9.17) is 4.74 Å². The molecule has 1 aliphatic heterocycles. The summed E-state index contributed by atoms with van der Waals surface area (Å²) in [6, 6.07) is 5.46. The number of amides is 1. The Morgan fingerprint density at radius 3 is 2.67 bits per heavy atom. The second-order valence-corrected chi connectivity index (χ2v) is 6.64. The van der Waals surface area contributed by atoms with Crippen molar-refractivity contribution in [3.63, 3.8) is 0 Å². The Labute approximate surface area is 135 Å². The number of nitrogens with zero attached hydrogens (tertiary/aromatic N) is 2. The third-order valence-electron chi connectivity index (χ3n) is 4.12. The average Bonchev–Trinajstić information content (AvgIpc) is 2.48. The average molecular weight is 355 g/mol. The highest BCUT2D eigenvalue weighted by Gasteiger charge is 2.21. The van der Waals surface area contributed by atoms with E-state index in [-0.39, 0.29) is 5.91 Å². The van der Waals surface area contributed by atoms with E-state index in [1.54, 1.807) is 7.11 Å². The van der Waals surface area contributed by atoms with Gasteiger partial charge in [0.15, 0.2) is 0 Å². The standard InChI is InChI=1S/C16H23BrN2O2/c1-18-8-6-12(7-9-18)11-19(2)16(20)13-4-5-15(21-3)14(17)10-13/h4-5,10,12H,6-9,11H2,1-3H3. The third kappa shape index (κ3) is 4.20. The smallest absolute Gasteiger partial charge is 0.253 e. The van der Waals surface area contributed by atoms with Crippen molar-refractivity contribution in [1.29, 1.82) is 0 Å². The number of piperidine rings is 1. The van der Waals surface area contributed by atoms with Crippen molar-refractivity contribution >= 4 is 21.8 Å². The van der Waals surface area contributed by atoms with E-state index in [9.17, 15) is 4.79 Å². The Bertz CT molecular complexity index is 499. The van der Waals surface area contributed by atoms with Gasteiger partial charge in [0.2, 0.25) is 0 Å². The lowest BCUT2D eigenvalue weighted by atomic mass is 9.96. The Kier molecular flexibility index (Phi) is 5.65. The van der Waals surface area contributed by atoms with Crippen LogP contribution in [0.4, 0.5) is 0 Å². The summed E-state index contributed by atoms with van der Waals surface area (Å²) in [6.07, 6.45) is 2.33. The minimum Gasteiger partial charge on any atom is -0.496 e. The number of ether oxygens (including phenoxy) is 1. The minimum atomic E-state index is 0.0669. The van der Waals surface area contributed by atoms with Crippen molar-refractivity contribution in [2.75, 3.05) is 40.8 Å². The summed E-state index contributed by atoms with van der Waals surface area (Å²) in [4.78, 5) is 16.7. The van der Waals surface area contributed by atoms with E-state index in [0.717, 1.165) is 29.9 Å². The summed E-state index contributed by atoms with van der Waals surface area (Å²) in [6.45, 7) is 3.08. The largest absolute Gasteiger partial charge is 0.496 e. The van der Waals surface area contributed by atoms with Crippen molar-refractivity contribution in [2.24, 2.45) is 5.92 Å². The van der Waals surface area contributed by atoms with Crippen molar-refractivity contribution in [2.45, 2.75) is 12.8 Å². The number of methoxy groups -OCH3 is 1. The fourth-order valence-corrected chi connectivity index (χ4v) is 3.28. The van der Waals surface area contributed by atoms with Gasteiger partial charge in [-0.3, -0.25) is 4.79 Å². The van der Waals surface area contributed by atoms with Gasteiger partial charge in [0.25, 0.3) is 5.91 Å². The normalized spacial score (nSPS) is 16.8. The molecule has 0 aromatic heterocycles. The van der Waals surface area contributed by atoms with E-state index in [1.807, 2.05) is 30.1 Å². The number of carbonyl (C=O) groups excluding carboxylic acids is 1. The quantitative estimate of drug-likeness (QED) is 0.833. The third-order valence-corrected chi connectivity index (χ3v) is 4.74. The molecule has 1 aromatic rings. The van der Waals surface area contributed by atoms with Gasteiger partial charge < -0.3 is 14.5 Å². The number of halogens is 1. The lowest BCUT2D eigenvalue weighted by Crippen LogP contribution is -2.37. The molecule has 5 heteroatoms. The predicted molar refractivity (Wildman–Crippen MR) is 87.9 cm³/mol. The molecule has 1 aromatic carbocycles. The van der Waals surface area contributed by atoms with Gasteiger partial charge in [0.1, 0.15) is 5.75 Å². The molecule has 0 radical (unpaired) electrons. The van der Waals surface area contributed by atoms with Crippen LogP contribution in [0.3, 0.4) is 0 Å². The van der Waals surface area contributed by atoms with Gasteiger partial charge in [-0.05, 0) is 73.0 Å². The fraction of sp³-hybridized carbons (Fsp3) is 0.562. The summed E-state index contributed by atoms with van der Waals surface area (Å²) in [5, 5.41) is 0. The van der Waals surface area contributed by atoms with Crippen LogP contribution in [0.15, 0.2) is 22.7 Å². The summed E-state index contributed by atoms with van der Waals surface area (Å²) in [7, 11) is 5.66. The summed E-state index contributed by atoms with van der Waals surface area (Å²) in [5.74, 6) is 1.42. The maximum atomic E-state index is 12.5. The topological polar surface area (TPSA) is 32.8 Å². The zero-order valence-corrected chi connectivity index (χ0v) is 14.5. The first-order chi connectivity index (χ1) is 10.0. The van der Waals surface area contributed by atoms with Gasteiger partial charge in [0.05, 0.1) is 11.6 Å². The van der Waals surface area contributed by atoms with Crippen molar-refractivity contribution < 1.29 is 9.53 Å². The van der Waals surface area contributed by atoms with E-state index in [0.29, 0.717) is 11.5 Å². The Morgan fingerprint density at radius 1 is 1.43 bits per heavy atom. The van der Waals surface area contributed by atoms with Gasteiger partial charge in [-0.1, -0.05) is 0 Å². The molecule has 1 heterocycles. The highest BCUT2D eigenvalue weighted by Crippen LogP contribution is 2.26. The van der Waals surface area contributed by atoms with Crippen LogP contribution >= 0.6 is 15.9 Å². The number of likely N-dealkylation sites (tertiary alicyclic amines) is 1. The molecule has 2 rings (SSSR count). The van der Waals surface area contributed by atoms with E-state index < -0.39 is 0 Å². The predicted octanol–water partition coefficient (Wildman–Crippen LogP) is 2.87. The van der Waals surface area contributed by atoms with Crippen LogP contribution in [0.2, 0.25) is 0 Å². The number of hydrogen-bond acceptors (Lipinski definition) is 3. The molecule has 1 fully saturated rings. The SMILES string of the molecule is COc1ccc(C(=O)N(C)CC2CCN(C)CC2)cc1Br. The zero-order chi connectivity index (χ0) is 15.4. The van der Waals surface area contributed by atoms with Gasteiger partial charge in [0, 0.05) is 19.2 Å². The van der Waals surface area contributed by atoms with E-state index >= 15 is 0 Å². The van der Waals surface area contributed by atoms with Crippen LogP contribution < -0.4 is 4.74 Å². The van der Waals surface area contributed by atoms with Gasteiger partial charge in [-0.2, -0.15) is 0 Å². The van der Waals surface area contributed by atoms with Gasteiger partial charge in [-0.15, -0.1) is 0 Å². The van der Waals surface area contributed by atoms with E-state index in [2.05, 4.69) is 27.9 Å². The highest BCUT2D eigenvalue weighted by molar-refractivity contribution is 9.10. The van der Waals surface area contributed by atoms with Crippen molar-refractivity contribution in [1.82, 2.24) is 9.80 Å². The first-order valence-corrected chi connectivity index (χ1v) is 8.08. The molecule has 0 N–H and O–H groups in total. The van der Waals surface area contributed by atoms with Crippen LogP contribution in [-0.4, -0.2) is 56.5 Å². The molecule has 0 bridgehead atoms. The second-order valence-electron chi connectivity index (χ2n) is 5.78. The van der Waals surface area contributed by atoms with Crippen LogP contribution in [0, 0.1) is 5.92 Å². The number of hydrogen-bond donors (Lipinski definition) is 0. The highest BCUT2D eigenvalue weighted by atomic mass is 79.9. The second kappa shape index (κ2) is 7.27. The zero-order valence-electron chi connectivity index (χ0n) is 12.9. The number of benzene rings is 1. The molecule has 0 saturated carbocycles. The fourth-order valence-electron chi connectivity index (χ4n) is 2.73. The van der Waals surface area contributed by atoms with Gasteiger partial charge in [-0.25, -0.2) is 0 Å². The molecule has 0 spiro atoms. The molecule has 116 valence electrons. The molecule has 0 aliphatic carbocycles. The lowest BCUT2D eigenvalue weighted by Gasteiger charge is -2.31. The monoisotopic (exact) mass is 354 g/mol. The Hall–Kier alpha value is -1.07. The summed E-state index contributed by atoms with van der Waals surface area (Å²) >= 11 is 3.43. The molecule has 1 saturated heterocycles. The van der Waals surface area contributed by atoms with Crippen LogP contribution in [0.25, 0.3) is 0 Å². The number of rotatable bonds is 4. The summed E-state index contributed by atoms with van der Waals surface area (Å²) in [5.41, 5.74) is 0.693. The lowest BCUT2D eigenvalue weighted by molar-refractivity contribution is 0.0747. The molecule has 0 atom stereocenters. The molecule has 1 aliphatic rings. The van der Waals surface area contributed by atoms with E-state index in [1.165, 1.54) is 12.8 Å². The van der Waals surface area contributed by atoms with Crippen LogP contribution in [-0.2, 0) is 0 Å². The maximum absolute atomic E-state index is 12.5. The maximum Gasteiger partial charge on any atom is 0.253 e. The molecular formula is C16H23BrN2O2. The Balaban J connectivity index is 1.97. The van der Waals surface area contributed by atoms with Crippen molar-refractivity contribution in [3.8, 4) is 5.75 Å². The van der Waals surface area contributed by atoms with Crippen molar-refractivity contribution in [3.05, 3.63) is 28.2 Å². The van der Waals surface area contributed by atoms with Gasteiger partial charge >= 0.3 is 0 Å². The molecule has 1 amide bonds. The first-order valence-electron chi connectivity index (χ1n) is 7.28. The molecule has 4 nitrogen and oxygen atoms in total. The van der Waals surface area contributed by atoms with Crippen LogP contribution in [0.5, 0.6) is 5.75 Å². The minimum absolute atomic E-state index is 0.0669. The number of carbonyl (C=O) groups is 1.